The van der Waals surface area contributed by atoms with Gasteiger partial charge in [-0.2, -0.15) is 13.2 Å². The van der Waals surface area contributed by atoms with Crippen molar-refractivity contribution in [3.63, 3.8) is 0 Å². The van der Waals surface area contributed by atoms with Crippen molar-refractivity contribution in [2.75, 3.05) is 6.54 Å². The van der Waals surface area contributed by atoms with Gasteiger partial charge in [0.2, 0.25) is 0 Å². The average Bonchev–Trinajstić information content (AvgIpc) is 2.59. The Balaban J connectivity index is 2.24. The lowest BCUT2D eigenvalue weighted by atomic mass is 10.1. The van der Waals surface area contributed by atoms with Gasteiger partial charge in [0.05, 0.1) is 25.8 Å². The van der Waals surface area contributed by atoms with Crippen LogP contribution in [0.3, 0.4) is 0 Å². The van der Waals surface area contributed by atoms with Crippen molar-refractivity contribution >= 4 is 27.3 Å². The molecule has 0 aliphatic carbocycles. The minimum Gasteiger partial charge on any atom is -0.350 e. The summed E-state index contributed by atoms with van der Waals surface area (Å²) < 4.78 is 75.7. The maximum atomic E-state index is 13.1. The molecule has 0 aliphatic rings. The first-order valence-electron chi connectivity index (χ1n) is 7.91. The third kappa shape index (κ3) is 4.64. The number of sulfone groups is 1. The molecule has 4 nitrogen and oxygen atoms in total. The van der Waals surface area contributed by atoms with Gasteiger partial charge in [0, 0.05) is 6.54 Å². The molecule has 0 bridgehead atoms. The lowest BCUT2D eigenvalue weighted by Gasteiger charge is -2.25. The highest BCUT2D eigenvalue weighted by Gasteiger charge is 2.38. The van der Waals surface area contributed by atoms with E-state index in [2.05, 4.69) is 5.32 Å². The van der Waals surface area contributed by atoms with E-state index in [1.165, 1.54) is 13.8 Å². The van der Waals surface area contributed by atoms with E-state index in [1.807, 2.05) is 0 Å². The zero-order valence-corrected chi connectivity index (χ0v) is 16.3. The van der Waals surface area contributed by atoms with Crippen molar-refractivity contribution in [2.24, 2.45) is 0 Å². The van der Waals surface area contributed by atoms with Gasteiger partial charge in [-0.15, -0.1) is 0 Å². The fourth-order valence-electron chi connectivity index (χ4n) is 2.32. The second-order valence-electron chi connectivity index (χ2n) is 6.60. The van der Waals surface area contributed by atoms with E-state index in [0.717, 1.165) is 36.4 Å². The Morgan fingerprint density at radius 2 is 1.75 bits per heavy atom. The zero-order valence-electron chi connectivity index (χ0n) is 14.8. The quantitative estimate of drug-likeness (QED) is 0.701. The molecule has 10 heteroatoms. The van der Waals surface area contributed by atoms with Gasteiger partial charge in [-0.1, -0.05) is 17.7 Å². The first kappa shape index (κ1) is 22.2. The summed E-state index contributed by atoms with van der Waals surface area (Å²) in [6.07, 6.45) is -4.69. The first-order chi connectivity index (χ1) is 12.8. The minimum absolute atomic E-state index is 0.0599. The van der Waals surface area contributed by atoms with Crippen molar-refractivity contribution in [3.05, 3.63) is 64.4 Å². The van der Waals surface area contributed by atoms with Crippen LogP contribution in [0.25, 0.3) is 0 Å². The Bertz CT molecular complexity index is 1000. The summed E-state index contributed by atoms with van der Waals surface area (Å²) in [5.74, 6) is -1.38. The van der Waals surface area contributed by atoms with Gasteiger partial charge in [-0.25, -0.2) is 12.8 Å². The molecule has 0 radical (unpaired) electrons. The molecule has 0 heterocycles. The summed E-state index contributed by atoms with van der Waals surface area (Å²) >= 11 is 5.79. The molecule has 0 spiro atoms. The average molecular weight is 438 g/mol. The Kier molecular flexibility index (Phi) is 6.10. The van der Waals surface area contributed by atoms with E-state index in [0.29, 0.717) is 6.07 Å². The van der Waals surface area contributed by atoms with E-state index < -0.39 is 49.5 Å². The summed E-state index contributed by atoms with van der Waals surface area (Å²) in [7, 11) is -4.22. The Hall–Kier alpha value is -2.13. The zero-order chi connectivity index (χ0) is 21.3. The third-order valence-corrected chi connectivity index (χ3v) is 6.84. The molecule has 0 aliphatic heterocycles. The second-order valence-corrected chi connectivity index (χ2v) is 9.59. The van der Waals surface area contributed by atoms with Gasteiger partial charge >= 0.3 is 6.18 Å². The minimum atomic E-state index is -4.69. The van der Waals surface area contributed by atoms with Crippen molar-refractivity contribution in [1.82, 2.24) is 5.32 Å². The van der Waals surface area contributed by atoms with Crippen LogP contribution in [0.2, 0.25) is 5.02 Å². The van der Waals surface area contributed by atoms with Crippen molar-refractivity contribution < 1.29 is 30.8 Å². The van der Waals surface area contributed by atoms with E-state index in [4.69, 9.17) is 11.6 Å². The van der Waals surface area contributed by atoms with Gasteiger partial charge in [-0.05, 0) is 50.2 Å². The largest absolute Gasteiger partial charge is 0.416 e. The molecule has 1 amide bonds. The highest BCUT2D eigenvalue weighted by Crippen LogP contribution is 2.33. The number of benzene rings is 2. The third-order valence-electron chi connectivity index (χ3n) is 4.05. The molecule has 0 aromatic heterocycles. The maximum absolute atomic E-state index is 13.1. The monoisotopic (exact) mass is 437 g/mol. The van der Waals surface area contributed by atoms with Crippen molar-refractivity contribution in [2.45, 2.75) is 29.7 Å². The number of hydrogen-bond acceptors (Lipinski definition) is 3. The van der Waals surface area contributed by atoms with E-state index >= 15 is 0 Å². The van der Waals surface area contributed by atoms with Crippen LogP contribution in [0, 0.1) is 5.82 Å². The van der Waals surface area contributed by atoms with Crippen LogP contribution in [0.15, 0.2) is 47.4 Å². The Morgan fingerprint density at radius 3 is 2.32 bits per heavy atom. The first-order valence-corrected chi connectivity index (χ1v) is 9.77. The number of carbonyl (C=O) groups excluding carboxylic acids is 1. The molecule has 2 aromatic carbocycles. The van der Waals surface area contributed by atoms with E-state index in [-0.39, 0.29) is 10.6 Å². The molecule has 0 saturated heterocycles. The van der Waals surface area contributed by atoms with Crippen LogP contribution < -0.4 is 5.32 Å². The summed E-state index contributed by atoms with van der Waals surface area (Å²) in [5, 5.41) is 2.22. The normalized spacial score (nSPS) is 12.7. The molecule has 0 unspecified atom stereocenters. The topological polar surface area (TPSA) is 63.2 Å². The SMILES string of the molecule is CC(C)(CNC(=O)c1ccc(F)cc1Cl)S(=O)(=O)c1cccc(C(F)(F)F)c1. The van der Waals surface area contributed by atoms with Crippen LogP contribution in [0.5, 0.6) is 0 Å². The van der Waals surface area contributed by atoms with E-state index in [1.54, 1.807) is 0 Å². The van der Waals surface area contributed by atoms with Gasteiger partial charge in [0.1, 0.15) is 5.82 Å². The highest BCUT2D eigenvalue weighted by atomic mass is 35.5. The summed E-state index contributed by atoms with van der Waals surface area (Å²) in [6.45, 7) is 2.14. The fourth-order valence-corrected chi connectivity index (χ4v) is 4.01. The predicted octanol–water partition coefficient (Wildman–Crippen LogP) is 4.48. The van der Waals surface area contributed by atoms with Crippen LogP contribution in [-0.2, 0) is 16.0 Å². The molecular formula is C18H16ClF4NO3S. The summed E-state index contributed by atoms with van der Waals surface area (Å²) in [4.78, 5) is 11.7. The number of amides is 1. The van der Waals surface area contributed by atoms with Crippen LogP contribution >= 0.6 is 11.6 Å². The van der Waals surface area contributed by atoms with Crippen molar-refractivity contribution in [3.8, 4) is 0 Å². The number of halogens is 5. The maximum Gasteiger partial charge on any atom is 0.416 e. The van der Waals surface area contributed by atoms with E-state index in [9.17, 15) is 30.8 Å². The van der Waals surface area contributed by atoms with Gasteiger partial charge in [0.15, 0.2) is 9.84 Å². The highest BCUT2D eigenvalue weighted by molar-refractivity contribution is 7.92. The molecule has 2 rings (SSSR count). The van der Waals surface area contributed by atoms with Gasteiger partial charge in [0.25, 0.3) is 5.91 Å². The molecule has 1 N–H and O–H groups in total. The fraction of sp³-hybridized carbons (Fsp3) is 0.278. The van der Waals surface area contributed by atoms with Crippen molar-refractivity contribution in [1.29, 1.82) is 0 Å². The Morgan fingerprint density at radius 1 is 1.11 bits per heavy atom. The molecule has 152 valence electrons. The number of carbonyl (C=O) groups is 1. The van der Waals surface area contributed by atoms with Gasteiger partial charge in [-0.3, -0.25) is 4.79 Å². The van der Waals surface area contributed by atoms with Crippen LogP contribution in [-0.4, -0.2) is 25.6 Å². The second kappa shape index (κ2) is 7.71. The number of hydrogen-bond donors (Lipinski definition) is 1. The van der Waals surface area contributed by atoms with Crippen LogP contribution in [0.1, 0.15) is 29.8 Å². The summed E-state index contributed by atoms with van der Waals surface area (Å²) in [5.41, 5.74) is -1.15. The lowest BCUT2D eigenvalue weighted by molar-refractivity contribution is -0.137. The molecule has 0 atom stereocenters. The predicted molar refractivity (Wildman–Crippen MR) is 96.5 cm³/mol. The molecule has 0 saturated carbocycles. The Labute approximate surface area is 164 Å². The number of nitrogens with one attached hydrogen (secondary N) is 1. The molecule has 28 heavy (non-hydrogen) atoms. The molecule has 2 aromatic rings. The summed E-state index contributed by atoms with van der Waals surface area (Å²) in [6, 6.07) is 6.47. The molecule has 0 fully saturated rings. The van der Waals surface area contributed by atoms with Gasteiger partial charge < -0.3 is 5.32 Å². The number of rotatable bonds is 5. The smallest absolute Gasteiger partial charge is 0.350 e. The van der Waals surface area contributed by atoms with Crippen LogP contribution in [0.4, 0.5) is 17.6 Å². The number of alkyl halides is 3. The lowest BCUT2D eigenvalue weighted by Crippen LogP contribution is -2.44. The standard InChI is InChI=1S/C18H16ClF4NO3S/c1-17(2,10-24-16(25)14-7-6-12(20)9-15(14)19)28(26,27)13-5-3-4-11(8-13)18(21,22)23/h3-9H,10H2,1-2H3,(H,24,25). The molecular weight excluding hydrogens is 422 g/mol.